The van der Waals surface area contributed by atoms with Crippen molar-refractivity contribution in [3.8, 4) is 5.75 Å². The summed E-state index contributed by atoms with van der Waals surface area (Å²) in [6.45, 7) is 6.61. The molecule has 0 aliphatic rings. The molecule has 0 aliphatic carbocycles. The Morgan fingerprint density at radius 3 is 2.36 bits per heavy atom. The van der Waals surface area contributed by atoms with E-state index in [0.29, 0.717) is 24.5 Å². The van der Waals surface area contributed by atoms with Crippen molar-refractivity contribution in [3.63, 3.8) is 0 Å². The molecule has 0 spiro atoms. The van der Waals surface area contributed by atoms with E-state index in [1.54, 1.807) is 24.3 Å². The Bertz CT molecular complexity index is 909. The number of carbonyl (C=O) groups is 1. The Labute approximate surface area is 167 Å². The zero-order valence-corrected chi connectivity index (χ0v) is 17.7. The van der Waals surface area contributed by atoms with Crippen molar-refractivity contribution in [2.24, 2.45) is 0 Å². The van der Waals surface area contributed by atoms with Gasteiger partial charge in [0.15, 0.2) is 0 Å². The number of ether oxygens (including phenoxy) is 1. The molecule has 2 aromatic rings. The standard InChI is InChI=1S/C21H28N2O4S/c1-5-27-19-11-9-18(10-12-19)23(28(4,25)26)14-6-7-21(24)22-20-13-8-16(2)15-17(20)3/h8-13,15H,5-7,14H2,1-4H3,(H,22,24). The molecule has 2 rings (SSSR count). The van der Waals surface area contributed by atoms with Crippen LogP contribution in [0.15, 0.2) is 42.5 Å². The van der Waals surface area contributed by atoms with Gasteiger partial charge in [0.1, 0.15) is 5.75 Å². The van der Waals surface area contributed by atoms with Crippen molar-refractivity contribution in [1.82, 2.24) is 0 Å². The third-order valence-corrected chi connectivity index (χ3v) is 5.45. The number of carbonyl (C=O) groups excluding carboxylic acids is 1. The second-order valence-electron chi connectivity index (χ2n) is 6.73. The highest BCUT2D eigenvalue weighted by Crippen LogP contribution is 2.22. The molecule has 0 unspecified atom stereocenters. The number of nitrogens with zero attached hydrogens (tertiary/aromatic N) is 1. The molecule has 0 bridgehead atoms. The number of benzene rings is 2. The molecule has 0 saturated carbocycles. The van der Waals surface area contributed by atoms with Crippen LogP contribution >= 0.6 is 0 Å². The maximum Gasteiger partial charge on any atom is 0.232 e. The van der Waals surface area contributed by atoms with Crippen LogP contribution in [0, 0.1) is 13.8 Å². The third kappa shape index (κ3) is 6.27. The number of hydrogen-bond acceptors (Lipinski definition) is 4. The maximum absolute atomic E-state index is 12.2. The first kappa shape index (κ1) is 21.8. The highest BCUT2D eigenvalue weighted by molar-refractivity contribution is 7.92. The maximum atomic E-state index is 12.2. The van der Waals surface area contributed by atoms with Gasteiger partial charge in [0.2, 0.25) is 15.9 Å². The lowest BCUT2D eigenvalue weighted by atomic mass is 10.1. The molecule has 1 N–H and O–H groups in total. The molecule has 7 heteroatoms. The number of amides is 1. The van der Waals surface area contributed by atoms with Gasteiger partial charge >= 0.3 is 0 Å². The summed E-state index contributed by atoms with van der Waals surface area (Å²) >= 11 is 0. The van der Waals surface area contributed by atoms with E-state index in [4.69, 9.17) is 4.74 Å². The van der Waals surface area contributed by atoms with Gasteiger partial charge in [-0.15, -0.1) is 0 Å². The fourth-order valence-corrected chi connectivity index (χ4v) is 3.88. The molecule has 0 fully saturated rings. The van der Waals surface area contributed by atoms with Crippen LogP contribution in [0.2, 0.25) is 0 Å². The number of aryl methyl sites for hydroxylation is 2. The molecule has 0 radical (unpaired) electrons. The molecular weight excluding hydrogens is 376 g/mol. The highest BCUT2D eigenvalue weighted by atomic mass is 32.2. The van der Waals surface area contributed by atoms with E-state index in [1.165, 1.54) is 10.6 Å². The van der Waals surface area contributed by atoms with E-state index in [9.17, 15) is 13.2 Å². The summed E-state index contributed by atoms with van der Waals surface area (Å²) in [4.78, 5) is 12.2. The van der Waals surface area contributed by atoms with Crippen LogP contribution in [0.4, 0.5) is 11.4 Å². The number of rotatable bonds is 9. The summed E-state index contributed by atoms with van der Waals surface area (Å²) in [5, 5.41) is 2.89. The molecule has 1 amide bonds. The first-order chi connectivity index (χ1) is 13.2. The molecule has 28 heavy (non-hydrogen) atoms. The van der Waals surface area contributed by atoms with Crippen molar-refractivity contribution >= 4 is 27.3 Å². The zero-order valence-electron chi connectivity index (χ0n) is 16.9. The van der Waals surface area contributed by atoms with Crippen molar-refractivity contribution < 1.29 is 17.9 Å². The predicted octanol–water partition coefficient (Wildman–Crippen LogP) is 3.89. The van der Waals surface area contributed by atoms with E-state index in [2.05, 4.69) is 5.32 Å². The number of anilines is 2. The van der Waals surface area contributed by atoms with Crippen molar-refractivity contribution in [2.45, 2.75) is 33.6 Å². The summed E-state index contributed by atoms with van der Waals surface area (Å²) in [5.41, 5.74) is 3.47. The van der Waals surface area contributed by atoms with Crippen LogP contribution in [0.1, 0.15) is 30.9 Å². The molecule has 0 atom stereocenters. The fraction of sp³-hybridized carbons (Fsp3) is 0.381. The lowest BCUT2D eigenvalue weighted by molar-refractivity contribution is -0.116. The lowest BCUT2D eigenvalue weighted by Crippen LogP contribution is -2.31. The van der Waals surface area contributed by atoms with E-state index >= 15 is 0 Å². The monoisotopic (exact) mass is 404 g/mol. The molecular formula is C21H28N2O4S. The molecule has 0 aromatic heterocycles. The average Bonchev–Trinajstić information content (AvgIpc) is 2.61. The van der Waals surface area contributed by atoms with E-state index < -0.39 is 10.0 Å². The van der Waals surface area contributed by atoms with E-state index in [-0.39, 0.29) is 18.9 Å². The Morgan fingerprint density at radius 1 is 1.11 bits per heavy atom. The van der Waals surface area contributed by atoms with Crippen LogP contribution in [-0.2, 0) is 14.8 Å². The minimum absolute atomic E-state index is 0.132. The molecule has 2 aromatic carbocycles. The van der Waals surface area contributed by atoms with Gasteiger partial charge in [-0.3, -0.25) is 9.10 Å². The van der Waals surface area contributed by atoms with Crippen LogP contribution in [-0.4, -0.2) is 33.7 Å². The van der Waals surface area contributed by atoms with Gasteiger partial charge in [0.25, 0.3) is 0 Å². The number of hydrogen-bond donors (Lipinski definition) is 1. The van der Waals surface area contributed by atoms with Crippen molar-refractivity contribution in [2.75, 3.05) is 29.0 Å². The van der Waals surface area contributed by atoms with Crippen LogP contribution < -0.4 is 14.4 Å². The van der Waals surface area contributed by atoms with Gasteiger partial charge in [0, 0.05) is 18.7 Å². The van der Waals surface area contributed by atoms with Crippen LogP contribution in [0.3, 0.4) is 0 Å². The third-order valence-electron chi connectivity index (χ3n) is 4.26. The first-order valence-corrected chi connectivity index (χ1v) is 11.1. The second-order valence-corrected chi connectivity index (χ2v) is 8.64. The van der Waals surface area contributed by atoms with Crippen LogP contribution in [0.5, 0.6) is 5.75 Å². The smallest absolute Gasteiger partial charge is 0.232 e. The summed E-state index contributed by atoms with van der Waals surface area (Å²) < 4.78 is 31.1. The molecule has 0 heterocycles. The largest absolute Gasteiger partial charge is 0.494 e. The van der Waals surface area contributed by atoms with Gasteiger partial charge in [-0.25, -0.2) is 8.42 Å². The average molecular weight is 405 g/mol. The summed E-state index contributed by atoms with van der Waals surface area (Å²) in [5.74, 6) is 0.555. The quantitative estimate of drug-likeness (QED) is 0.688. The summed E-state index contributed by atoms with van der Waals surface area (Å²) in [6.07, 6.45) is 1.81. The fourth-order valence-electron chi connectivity index (χ4n) is 2.91. The van der Waals surface area contributed by atoms with Crippen LogP contribution in [0.25, 0.3) is 0 Å². The number of nitrogens with one attached hydrogen (secondary N) is 1. The van der Waals surface area contributed by atoms with Gasteiger partial charge in [0.05, 0.1) is 18.6 Å². The normalized spacial score (nSPS) is 11.1. The van der Waals surface area contributed by atoms with Crippen molar-refractivity contribution in [1.29, 1.82) is 0 Å². The first-order valence-electron chi connectivity index (χ1n) is 9.28. The SMILES string of the molecule is CCOc1ccc(N(CCCC(=O)Nc2ccc(C)cc2C)S(C)(=O)=O)cc1. The Balaban J connectivity index is 1.97. The van der Waals surface area contributed by atoms with E-state index in [1.807, 2.05) is 39.0 Å². The molecule has 0 aliphatic heterocycles. The lowest BCUT2D eigenvalue weighted by Gasteiger charge is -2.22. The van der Waals surface area contributed by atoms with E-state index in [0.717, 1.165) is 16.8 Å². The Kier molecular flexibility index (Phi) is 7.45. The van der Waals surface area contributed by atoms with Gasteiger partial charge in [-0.2, -0.15) is 0 Å². The van der Waals surface area contributed by atoms with Gasteiger partial charge < -0.3 is 10.1 Å². The second kappa shape index (κ2) is 9.59. The summed E-state index contributed by atoms with van der Waals surface area (Å²) in [6, 6.07) is 12.7. The zero-order chi connectivity index (χ0) is 20.7. The number of sulfonamides is 1. The molecule has 0 saturated heterocycles. The highest BCUT2D eigenvalue weighted by Gasteiger charge is 2.18. The minimum Gasteiger partial charge on any atom is -0.494 e. The predicted molar refractivity (Wildman–Crippen MR) is 114 cm³/mol. The van der Waals surface area contributed by atoms with Crippen molar-refractivity contribution in [3.05, 3.63) is 53.6 Å². The minimum atomic E-state index is -3.45. The topological polar surface area (TPSA) is 75.7 Å². The Morgan fingerprint density at radius 2 is 1.79 bits per heavy atom. The molecule has 6 nitrogen and oxygen atoms in total. The molecule has 152 valence electrons. The Hall–Kier alpha value is -2.54. The van der Waals surface area contributed by atoms with Gasteiger partial charge in [-0.05, 0) is 63.1 Å². The summed E-state index contributed by atoms with van der Waals surface area (Å²) in [7, 11) is -3.45. The van der Waals surface area contributed by atoms with Gasteiger partial charge in [-0.1, -0.05) is 17.7 Å².